The molecule has 0 saturated carbocycles. The average Bonchev–Trinajstić information content (AvgIpc) is 2.91. The Morgan fingerprint density at radius 1 is 1.35 bits per heavy atom. The molecule has 0 amide bonds. The molecule has 0 bridgehead atoms. The van der Waals surface area contributed by atoms with Crippen LogP contribution in [0, 0.1) is 5.92 Å². The van der Waals surface area contributed by atoms with Gasteiger partial charge in [-0.05, 0) is 24.6 Å². The molecular weight excluding hydrogens is 220 g/mol. The molecule has 92 valence electrons. The number of ether oxygens (including phenoxy) is 3. The Bertz CT molecular complexity index is 408. The van der Waals surface area contributed by atoms with Crippen molar-refractivity contribution in [2.75, 3.05) is 27.4 Å². The number of benzene rings is 1. The van der Waals surface area contributed by atoms with E-state index in [0.29, 0.717) is 30.3 Å². The molecule has 0 aliphatic carbocycles. The fraction of sp³-hybridized carbons (Fsp3) is 0.462. The Hall–Kier alpha value is -1.55. The normalized spacial score (nSPS) is 19.1. The number of ketones is 1. The lowest BCUT2D eigenvalue weighted by molar-refractivity contribution is 0.0897. The zero-order chi connectivity index (χ0) is 12.3. The molecule has 1 aromatic rings. The van der Waals surface area contributed by atoms with Crippen molar-refractivity contribution < 1.29 is 19.0 Å². The van der Waals surface area contributed by atoms with Crippen LogP contribution in [0.1, 0.15) is 16.8 Å². The van der Waals surface area contributed by atoms with Crippen molar-refractivity contribution >= 4 is 5.78 Å². The summed E-state index contributed by atoms with van der Waals surface area (Å²) in [4.78, 5) is 12.3. The highest BCUT2D eigenvalue weighted by Crippen LogP contribution is 2.28. The fourth-order valence-electron chi connectivity index (χ4n) is 1.97. The van der Waals surface area contributed by atoms with Crippen LogP contribution in [0.2, 0.25) is 0 Å². The Kier molecular flexibility index (Phi) is 3.64. The molecule has 0 radical (unpaired) electrons. The molecule has 1 aromatic carbocycles. The van der Waals surface area contributed by atoms with E-state index in [-0.39, 0.29) is 11.7 Å². The molecule has 1 atom stereocenters. The number of carbonyl (C=O) groups is 1. The predicted molar refractivity (Wildman–Crippen MR) is 62.8 cm³/mol. The topological polar surface area (TPSA) is 44.8 Å². The highest BCUT2D eigenvalue weighted by atomic mass is 16.5. The lowest BCUT2D eigenvalue weighted by atomic mass is 9.96. The van der Waals surface area contributed by atoms with Crippen LogP contribution >= 0.6 is 0 Å². The minimum absolute atomic E-state index is 0.0593. The molecule has 1 saturated heterocycles. The van der Waals surface area contributed by atoms with Gasteiger partial charge in [-0.25, -0.2) is 0 Å². The summed E-state index contributed by atoms with van der Waals surface area (Å²) in [7, 11) is 3.14. The van der Waals surface area contributed by atoms with E-state index in [9.17, 15) is 4.79 Å². The van der Waals surface area contributed by atoms with Gasteiger partial charge in [0, 0.05) is 12.5 Å². The van der Waals surface area contributed by atoms with Crippen LogP contribution in [0.3, 0.4) is 0 Å². The zero-order valence-corrected chi connectivity index (χ0v) is 10.1. The van der Waals surface area contributed by atoms with E-state index in [1.54, 1.807) is 32.4 Å². The zero-order valence-electron chi connectivity index (χ0n) is 10.1. The average molecular weight is 236 g/mol. The number of carbonyl (C=O) groups excluding carboxylic acids is 1. The second kappa shape index (κ2) is 5.19. The van der Waals surface area contributed by atoms with Crippen LogP contribution in [-0.2, 0) is 4.74 Å². The van der Waals surface area contributed by atoms with Gasteiger partial charge in [0.15, 0.2) is 5.78 Å². The molecule has 2 rings (SSSR count). The highest BCUT2D eigenvalue weighted by molar-refractivity contribution is 6.00. The molecule has 1 unspecified atom stereocenters. The number of Topliss-reactive ketones (excluding diaryl/α,β-unsaturated/α-hetero) is 1. The van der Waals surface area contributed by atoms with Crippen molar-refractivity contribution in [2.45, 2.75) is 6.42 Å². The van der Waals surface area contributed by atoms with Crippen molar-refractivity contribution in [2.24, 2.45) is 5.92 Å². The van der Waals surface area contributed by atoms with Gasteiger partial charge in [0.05, 0.1) is 26.4 Å². The van der Waals surface area contributed by atoms with Gasteiger partial charge in [-0.2, -0.15) is 0 Å². The van der Waals surface area contributed by atoms with Crippen LogP contribution in [0.25, 0.3) is 0 Å². The summed E-state index contributed by atoms with van der Waals surface area (Å²) >= 11 is 0. The van der Waals surface area contributed by atoms with Gasteiger partial charge in [-0.3, -0.25) is 4.79 Å². The Morgan fingerprint density at radius 2 is 2.18 bits per heavy atom. The highest BCUT2D eigenvalue weighted by Gasteiger charge is 2.27. The fourth-order valence-corrected chi connectivity index (χ4v) is 1.97. The van der Waals surface area contributed by atoms with Crippen molar-refractivity contribution in [3.63, 3.8) is 0 Å². The summed E-state index contributed by atoms with van der Waals surface area (Å²) in [5.41, 5.74) is 0.572. The smallest absolute Gasteiger partial charge is 0.172 e. The molecule has 0 spiro atoms. The standard InChI is InChI=1S/C13H16O4/c1-15-10-3-4-12(16-2)11(7-10)13(14)9-5-6-17-8-9/h3-4,7,9H,5-6,8H2,1-2H3. The van der Waals surface area contributed by atoms with Crippen LogP contribution in [0.5, 0.6) is 11.5 Å². The second-order valence-electron chi connectivity index (χ2n) is 3.99. The van der Waals surface area contributed by atoms with Gasteiger partial charge in [-0.15, -0.1) is 0 Å². The van der Waals surface area contributed by atoms with E-state index in [0.717, 1.165) is 6.42 Å². The number of hydrogen-bond donors (Lipinski definition) is 0. The second-order valence-corrected chi connectivity index (χ2v) is 3.99. The minimum atomic E-state index is -0.0593. The Labute approximate surface area is 100 Å². The van der Waals surface area contributed by atoms with Crippen LogP contribution < -0.4 is 9.47 Å². The number of hydrogen-bond acceptors (Lipinski definition) is 4. The summed E-state index contributed by atoms with van der Waals surface area (Å²) in [6.45, 7) is 1.15. The van der Waals surface area contributed by atoms with Gasteiger partial charge >= 0.3 is 0 Å². The molecule has 0 N–H and O–H groups in total. The number of rotatable bonds is 4. The summed E-state index contributed by atoms with van der Waals surface area (Å²) in [5, 5.41) is 0. The molecule has 1 aliphatic rings. The first-order valence-corrected chi connectivity index (χ1v) is 5.60. The first kappa shape index (κ1) is 11.9. The monoisotopic (exact) mass is 236 g/mol. The Balaban J connectivity index is 2.30. The van der Waals surface area contributed by atoms with Gasteiger partial charge in [0.1, 0.15) is 11.5 Å². The molecule has 1 fully saturated rings. The first-order valence-electron chi connectivity index (χ1n) is 5.60. The van der Waals surface area contributed by atoms with Gasteiger partial charge < -0.3 is 14.2 Å². The molecular formula is C13H16O4. The van der Waals surface area contributed by atoms with Gasteiger partial charge in [0.25, 0.3) is 0 Å². The van der Waals surface area contributed by atoms with Crippen LogP contribution in [0.15, 0.2) is 18.2 Å². The summed E-state index contributed by atoms with van der Waals surface area (Å²) < 4.78 is 15.6. The summed E-state index contributed by atoms with van der Waals surface area (Å²) in [6.07, 6.45) is 0.777. The van der Waals surface area contributed by atoms with E-state index in [1.807, 2.05) is 0 Å². The van der Waals surface area contributed by atoms with Gasteiger partial charge in [0.2, 0.25) is 0 Å². The maximum absolute atomic E-state index is 12.3. The van der Waals surface area contributed by atoms with E-state index in [2.05, 4.69) is 0 Å². The molecule has 1 heterocycles. The van der Waals surface area contributed by atoms with Crippen molar-refractivity contribution in [1.82, 2.24) is 0 Å². The lowest BCUT2D eigenvalue weighted by Gasteiger charge is -2.12. The third kappa shape index (κ3) is 2.42. The van der Waals surface area contributed by atoms with E-state index in [1.165, 1.54) is 0 Å². The third-order valence-electron chi connectivity index (χ3n) is 2.97. The maximum atomic E-state index is 12.3. The molecule has 0 aromatic heterocycles. The van der Waals surface area contributed by atoms with Crippen molar-refractivity contribution in [3.05, 3.63) is 23.8 Å². The van der Waals surface area contributed by atoms with Crippen molar-refractivity contribution in [1.29, 1.82) is 0 Å². The van der Waals surface area contributed by atoms with Crippen LogP contribution in [-0.4, -0.2) is 33.2 Å². The van der Waals surface area contributed by atoms with Gasteiger partial charge in [-0.1, -0.05) is 0 Å². The van der Waals surface area contributed by atoms with E-state index in [4.69, 9.17) is 14.2 Å². The SMILES string of the molecule is COc1ccc(OC)c(C(=O)C2CCOC2)c1. The summed E-state index contributed by atoms with van der Waals surface area (Å²) in [5.74, 6) is 1.25. The lowest BCUT2D eigenvalue weighted by Crippen LogP contribution is -2.15. The van der Waals surface area contributed by atoms with Crippen LogP contribution in [0.4, 0.5) is 0 Å². The molecule has 1 aliphatic heterocycles. The van der Waals surface area contributed by atoms with Crippen molar-refractivity contribution in [3.8, 4) is 11.5 Å². The minimum Gasteiger partial charge on any atom is -0.497 e. The predicted octanol–water partition coefficient (Wildman–Crippen LogP) is 1.92. The largest absolute Gasteiger partial charge is 0.497 e. The molecule has 17 heavy (non-hydrogen) atoms. The third-order valence-corrected chi connectivity index (χ3v) is 2.97. The maximum Gasteiger partial charge on any atom is 0.172 e. The first-order chi connectivity index (χ1) is 8.26. The van der Waals surface area contributed by atoms with E-state index < -0.39 is 0 Å². The Morgan fingerprint density at radius 3 is 2.76 bits per heavy atom. The summed E-state index contributed by atoms with van der Waals surface area (Å²) in [6, 6.07) is 5.25. The number of methoxy groups -OCH3 is 2. The quantitative estimate of drug-likeness (QED) is 0.749. The molecule has 4 nitrogen and oxygen atoms in total. The van der Waals surface area contributed by atoms with E-state index >= 15 is 0 Å². The molecule has 4 heteroatoms.